The molecule has 1 N–H and O–H groups in total. The molecule has 1 atom stereocenters. The number of carbonyl (C=O) groups excluding carboxylic acids is 2. The monoisotopic (exact) mass is 404 g/mol. The third-order valence-corrected chi connectivity index (χ3v) is 5.01. The summed E-state index contributed by atoms with van der Waals surface area (Å²) in [4.78, 5) is 27.2. The van der Waals surface area contributed by atoms with E-state index in [4.69, 9.17) is 4.74 Å². The van der Waals surface area contributed by atoms with Crippen LogP contribution < -0.4 is 10.1 Å². The zero-order valence-electron chi connectivity index (χ0n) is 17.5. The summed E-state index contributed by atoms with van der Waals surface area (Å²) in [5, 5.41) is 4.88. The van der Waals surface area contributed by atoms with Gasteiger partial charge in [-0.2, -0.15) is 0 Å². The van der Waals surface area contributed by atoms with Crippen LogP contribution in [0.1, 0.15) is 25.8 Å². The topological polar surface area (TPSA) is 58.6 Å². The number of ether oxygens (including phenoxy) is 1. The number of hydrogen-bond acceptors (Lipinski definition) is 3. The molecule has 0 bridgehead atoms. The second-order valence-corrected chi connectivity index (χ2v) is 7.24. The molecule has 0 aliphatic carbocycles. The molecule has 0 aromatic heterocycles. The van der Waals surface area contributed by atoms with Gasteiger partial charge in [0.25, 0.3) is 5.91 Å². The lowest BCUT2D eigenvalue weighted by atomic mass is 10.1. The van der Waals surface area contributed by atoms with Crippen molar-refractivity contribution in [2.45, 2.75) is 32.9 Å². The van der Waals surface area contributed by atoms with Gasteiger partial charge in [0.15, 0.2) is 6.61 Å². The molecule has 2 amide bonds. The fraction of sp³-hybridized carbons (Fsp3) is 0.280. The van der Waals surface area contributed by atoms with Crippen LogP contribution in [-0.4, -0.2) is 35.9 Å². The molecule has 5 nitrogen and oxygen atoms in total. The highest BCUT2D eigenvalue weighted by Crippen LogP contribution is 2.25. The zero-order chi connectivity index (χ0) is 21.3. The molecule has 5 heteroatoms. The van der Waals surface area contributed by atoms with Crippen LogP contribution in [0.5, 0.6) is 5.75 Å². The van der Waals surface area contributed by atoms with E-state index in [1.54, 1.807) is 11.8 Å². The molecule has 0 spiro atoms. The molecular formula is C25H28N2O3. The van der Waals surface area contributed by atoms with Gasteiger partial charge in [-0.1, -0.05) is 73.7 Å². The van der Waals surface area contributed by atoms with E-state index in [2.05, 4.69) is 5.32 Å². The van der Waals surface area contributed by atoms with Gasteiger partial charge in [0, 0.05) is 18.5 Å². The standard InChI is InChI=1S/C25H28N2O3/c1-3-16-26-25(29)19(2)27(17-20-10-5-4-6-11-20)24(28)18-30-23-15-9-13-21-12-7-8-14-22(21)23/h4-15,19H,3,16-18H2,1-2H3,(H,26,29)/t19-/m0/s1. The molecule has 0 aliphatic rings. The van der Waals surface area contributed by atoms with Crippen molar-refractivity contribution in [1.82, 2.24) is 10.2 Å². The average molecular weight is 405 g/mol. The summed E-state index contributed by atoms with van der Waals surface area (Å²) >= 11 is 0. The molecule has 0 fully saturated rings. The Morgan fingerprint density at radius 2 is 1.67 bits per heavy atom. The van der Waals surface area contributed by atoms with E-state index in [0.717, 1.165) is 22.8 Å². The molecule has 3 aromatic carbocycles. The predicted molar refractivity (Wildman–Crippen MR) is 119 cm³/mol. The second kappa shape index (κ2) is 10.4. The van der Waals surface area contributed by atoms with Crippen molar-refractivity contribution in [2.24, 2.45) is 0 Å². The summed E-state index contributed by atoms with van der Waals surface area (Å²) in [6, 6.07) is 22.7. The van der Waals surface area contributed by atoms with Crippen molar-refractivity contribution in [1.29, 1.82) is 0 Å². The van der Waals surface area contributed by atoms with Crippen molar-refractivity contribution < 1.29 is 14.3 Å². The van der Waals surface area contributed by atoms with Crippen molar-refractivity contribution in [2.75, 3.05) is 13.2 Å². The second-order valence-electron chi connectivity index (χ2n) is 7.24. The number of rotatable bonds is 9. The Morgan fingerprint density at radius 3 is 2.43 bits per heavy atom. The van der Waals surface area contributed by atoms with Gasteiger partial charge in [0.05, 0.1) is 0 Å². The van der Waals surface area contributed by atoms with Crippen molar-refractivity contribution >= 4 is 22.6 Å². The third kappa shape index (κ3) is 5.38. The van der Waals surface area contributed by atoms with Gasteiger partial charge in [-0.25, -0.2) is 0 Å². The number of nitrogens with zero attached hydrogens (tertiary/aromatic N) is 1. The van der Waals surface area contributed by atoms with Crippen molar-refractivity contribution in [3.8, 4) is 5.75 Å². The number of carbonyl (C=O) groups is 2. The van der Waals surface area contributed by atoms with Crippen LogP contribution in [0, 0.1) is 0 Å². The van der Waals surface area contributed by atoms with Gasteiger partial charge in [0.2, 0.25) is 5.91 Å². The summed E-state index contributed by atoms with van der Waals surface area (Å²) in [5.41, 5.74) is 0.964. The predicted octanol–water partition coefficient (Wildman–Crippen LogP) is 4.16. The van der Waals surface area contributed by atoms with Crippen LogP contribution in [0.3, 0.4) is 0 Å². The molecule has 156 valence electrons. The van der Waals surface area contributed by atoms with E-state index < -0.39 is 6.04 Å². The minimum atomic E-state index is -0.597. The quantitative estimate of drug-likeness (QED) is 0.583. The van der Waals surface area contributed by atoms with Gasteiger partial charge >= 0.3 is 0 Å². The van der Waals surface area contributed by atoms with E-state index in [1.165, 1.54) is 0 Å². The van der Waals surface area contributed by atoms with Gasteiger partial charge < -0.3 is 15.0 Å². The van der Waals surface area contributed by atoms with Crippen LogP contribution in [0.15, 0.2) is 72.8 Å². The largest absolute Gasteiger partial charge is 0.483 e. The Bertz CT molecular complexity index is 983. The summed E-state index contributed by atoms with van der Waals surface area (Å²) in [5.74, 6) is 0.265. The number of nitrogens with one attached hydrogen (secondary N) is 1. The lowest BCUT2D eigenvalue weighted by Gasteiger charge is -2.28. The minimum Gasteiger partial charge on any atom is -0.483 e. The Hall–Kier alpha value is -3.34. The fourth-order valence-electron chi connectivity index (χ4n) is 3.30. The van der Waals surface area contributed by atoms with Crippen LogP contribution in [-0.2, 0) is 16.1 Å². The maximum atomic E-state index is 13.1. The van der Waals surface area contributed by atoms with Crippen LogP contribution >= 0.6 is 0 Å². The van der Waals surface area contributed by atoms with Crippen LogP contribution in [0.4, 0.5) is 0 Å². The van der Waals surface area contributed by atoms with Crippen LogP contribution in [0.25, 0.3) is 10.8 Å². The van der Waals surface area contributed by atoms with E-state index >= 15 is 0 Å². The molecule has 0 radical (unpaired) electrons. The number of hydrogen-bond donors (Lipinski definition) is 1. The zero-order valence-corrected chi connectivity index (χ0v) is 17.5. The highest BCUT2D eigenvalue weighted by atomic mass is 16.5. The molecule has 0 heterocycles. The van der Waals surface area contributed by atoms with E-state index in [1.807, 2.05) is 79.7 Å². The Labute approximate surface area is 177 Å². The van der Waals surface area contributed by atoms with Gasteiger partial charge in [-0.3, -0.25) is 9.59 Å². The fourth-order valence-corrected chi connectivity index (χ4v) is 3.30. The third-order valence-electron chi connectivity index (χ3n) is 5.01. The molecule has 0 saturated carbocycles. The molecule has 3 rings (SSSR count). The van der Waals surface area contributed by atoms with Gasteiger partial charge in [0.1, 0.15) is 11.8 Å². The average Bonchev–Trinajstić information content (AvgIpc) is 2.79. The Morgan fingerprint density at radius 1 is 0.967 bits per heavy atom. The van der Waals surface area contributed by atoms with E-state index in [0.29, 0.717) is 18.8 Å². The normalized spacial score (nSPS) is 11.7. The van der Waals surface area contributed by atoms with Gasteiger partial charge in [-0.15, -0.1) is 0 Å². The first-order valence-electron chi connectivity index (χ1n) is 10.3. The maximum absolute atomic E-state index is 13.1. The first kappa shape index (κ1) is 21.4. The summed E-state index contributed by atoms with van der Waals surface area (Å²) in [6.07, 6.45) is 0.843. The highest BCUT2D eigenvalue weighted by molar-refractivity contribution is 5.90. The Kier molecular flexibility index (Phi) is 7.44. The first-order chi connectivity index (χ1) is 14.6. The van der Waals surface area contributed by atoms with Crippen molar-refractivity contribution in [3.05, 3.63) is 78.4 Å². The summed E-state index contributed by atoms with van der Waals surface area (Å²) in [7, 11) is 0. The molecule has 0 unspecified atom stereocenters. The molecule has 3 aromatic rings. The van der Waals surface area contributed by atoms with Crippen LogP contribution in [0.2, 0.25) is 0 Å². The maximum Gasteiger partial charge on any atom is 0.261 e. The molecule has 30 heavy (non-hydrogen) atoms. The minimum absolute atomic E-state index is 0.133. The first-order valence-corrected chi connectivity index (χ1v) is 10.3. The van der Waals surface area contributed by atoms with E-state index in [9.17, 15) is 9.59 Å². The number of benzene rings is 3. The number of amides is 2. The molecule has 0 saturated heterocycles. The molecule has 0 aliphatic heterocycles. The van der Waals surface area contributed by atoms with E-state index in [-0.39, 0.29) is 18.4 Å². The Balaban J connectivity index is 1.76. The van der Waals surface area contributed by atoms with Gasteiger partial charge in [-0.05, 0) is 30.4 Å². The highest BCUT2D eigenvalue weighted by Gasteiger charge is 2.26. The smallest absolute Gasteiger partial charge is 0.261 e. The van der Waals surface area contributed by atoms with Crippen molar-refractivity contribution in [3.63, 3.8) is 0 Å². The summed E-state index contributed by atoms with van der Waals surface area (Å²) < 4.78 is 5.89. The lowest BCUT2D eigenvalue weighted by molar-refractivity contribution is -0.142. The SMILES string of the molecule is CCCNC(=O)[C@H](C)N(Cc1ccccc1)C(=O)COc1cccc2ccccc12. The summed E-state index contributed by atoms with van der Waals surface area (Å²) in [6.45, 7) is 4.55. The number of fused-ring (bicyclic) bond motifs is 1. The lowest BCUT2D eigenvalue weighted by Crippen LogP contribution is -2.49. The molecular weight excluding hydrogens is 376 g/mol.